The highest BCUT2D eigenvalue weighted by Gasteiger charge is 2.36. The van der Waals surface area contributed by atoms with Crippen LogP contribution in [0.25, 0.3) is 49.6 Å². The zero-order chi connectivity index (χ0) is 28.4. The second-order valence-electron chi connectivity index (χ2n) is 12.0. The normalized spacial score (nSPS) is 13.3. The SMILES string of the molecule is CN(c1ccc(-c2ccccc2)cc1)c1ccc2c(c1)C(C)(C)c1cc(-n3ccc4ccc5ccccc5c43)ccc1-2. The molecule has 7 aromatic rings. The van der Waals surface area contributed by atoms with E-state index in [0.717, 1.165) is 0 Å². The lowest BCUT2D eigenvalue weighted by Gasteiger charge is -2.25. The van der Waals surface area contributed by atoms with Gasteiger partial charge in [0, 0.05) is 46.5 Å². The standard InChI is InChI=1S/C40H32N2/c1-40(2)37-25-32(41(3)31-17-15-28(16-18-31)27-9-5-4-6-10-27)19-21-35(37)36-22-20-33(26-38(36)40)42-24-23-30-14-13-29-11-7-8-12-34(29)39(30)42/h4-26H,1-3H3. The first kappa shape index (κ1) is 24.7. The van der Waals surface area contributed by atoms with Crippen LogP contribution in [0.2, 0.25) is 0 Å². The second-order valence-corrected chi connectivity index (χ2v) is 12.0. The van der Waals surface area contributed by atoms with Crippen molar-refractivity contribution in [1.82, 2.24) is 4.57 Å². The smallest absolute Gasteiger partial charge is 0.0606 e. The monoisotopic (exact) mass is 540 g/mol. The Morgan fingerprint density at radius 1 is 0.548 bits per heavy atom. The topological polar surface area (TPSA) is 8.17 Å². The molecule has 2 heteroatoms. The molecule has 0 atom stereocenters. The van der Waals surface area contributed by atoms with Crippen molar-refractivity contribution >= 4 is 33.1 Å². The Morgan fingerprint density at radius 2 is 1.19 bits per heavy atom. The van der Waals surface area contributed by atoms with Gasteiger partial charge in [0.05, 0.1) is 5.52 Å². The molecule has 42 heavy (non-hydrogen) atoms. The summed E-state index contributed by atoms with van der Waals surface area (Å²) in [5.41, 5.74) is 12.6. The van der Waals surface area contributed by atoms with E-state index in [1.807, 2.05) is 0 Å². The highest BCUT2D eigenvalue weighted by molar-refractivity contribution is 6.06. The minimum Gasteiger partial charge on any atom is -0.345 e. The van der Waals surface area contributed by atoms with Gasteiger partial charge in [-0.25, -0.2) is 0 Å². The van der Waals surface area contributed by atoms with Crippen LogP contribution in [-0.4, -0.2) is 11.6 Å². The maximum Gasteiger partial charge on any atom is 0.0606 e. The maximum absolute atomic E-state index is 2.41. The fraction of sp³-hybridized carbons (Fsp3) is 0.100. The van der Waals surface area contributed by atoms with Gasteiger partial charge in [-0.1, -0.05) is 105 Å². The van der Waals surface area contributed by atoms with Crippen molar-refractivity contribution in [1.29, 1.82) is 0 Å². The molecule has 1 aliphatic carbocycles. The third-order valence-electron chi connectivity index (χ3n) is 9.25. The van der Waals surface area contributed by atoms with Gasteiger partial charge < -0.3 is 9.47 Å². The summed E-state index contributed by atoms with van der Waals surface area (Å²) in [6.07, 6.45) is 2.21. The van der Waals surface area contributed by atoms with Gasteiger partial charge in [-0.3, -0.25) is 0 Å². The molecule has 0 N–H and O–H groups in total. The summed E-state index contributed by atoms with van der Waals surface area (Å²) in [4.78, 5) is 2.29. The van der Waals surface area contributed by atoms with Crippen LogP contribution in [0.4, 0.5) is 11.4 Å². The van der Waals surface area contributed by atoms with Crippen LogP contribution in [0.5, 0.6) is 0 Å². The van der Waals surface area contributed by atoms with E-state index < -0.39 is 0 Å². The molecular weight excluding hydrogens is 508 g/mol. The zero-order valence-corrected chi connectivity index (χ0v) is 24.2. The first-order valence-corrected chi connectivity index (χ1v) is 14.7. The van der Waals surface area contributed by atoms with Crippen molar-refractivity contribution < 1.29 is 0 Å². The van der Waals surface area contributed by atoms with Crippen LogP contribution in [0.3, 0.4) is 0 Å². The molecule has 1 aliphatic rings. The number of hydrogen-bond donors (Lipinski definition) is 0. The number of nitrogens with zero attached hydrogens (tertiary/aromatic N) is 2. The van der Waals surface area contributed by atoms with Crippen LogP contribution < -0.4 is 4.90 Å². The molecule has 0 bridgehead atoms. The molecule has 0 aliphatic heterocycles. The van der Waals surface area contributed by atoms with Gasteiger partial charge in [-0.2, -0.15) is 0 Å². The third kappa shape index (κ3) is 3.72. The van der Waals surface area contributed by atoms with Gasteiger partial charge in [-0.15, -0.1) is 0 Å². The molecule has 0 saturated heterocycles. The minimum atomic E-state index is -0.111. The van der Waals surface area contributed by atoms with Crippen molar-refractivity contribution in [3.8, 4) is 27.9 Å². The largest absolute Gasteiger partial charge is 0.345 e. The Hall–Kier alpha value is -5.08. The van der Waals surface area contributed by atoms with Crippen molar-refractivity contribution in [2.45, 2.75) is 19.3 Å². The lowest BCUT2D eigenvalue weighted by Crippen LogP contribution is -2.17. The average molecular weight is 541 g/mol. The lowest BCUT2D eigenvalue weighted by molar-refractivity contribution is 0.660. The van der Waals surface area contributed by atoms with Crippen molar-refractivity contribution in [2.75, 3.05) is 11.9 Å². The van der Waals surface area contributed by atoms with Gasteiger partial charge in [0.25, 0.3) is 0 Å². The predicted molar refractivity (Wildman–Crippen MR) is 178 cm³/mol. The molecule has 0 fully saturated rings. The van der Waals surface area contributed by atoms with Crippen LogP contribution in [-0.2, 0) is 5.41 Å². The Labute approximate surface area is 247 Å². The molecule has 0 unspecified atom stereocenters. The molecule has 1 heterocycles. The number of hydrogen-bond acceptors (Lipinski definition) is 1. The summed E-state index contributed by atoms with van der Waals surface area (Å²) in [6, 6.07) is 48.7. The van der Waals surface area contributed by atoms with Gasteiger partial charge in [0.1, 0.15) is 0 Å². The molecule has 1 aromatic heterocycles. The number of aromatic nitrogens is 1. The lowest BCUT2D eigenvalue weighted by atomic mass is 9.82. The van der Waals surface area contributed by atoms with Crippen molar-refractivity contribution in [3.05, 3.63) is 151 Å². The summed E-state index contributed by atoms with van der Waals surface area (Å²) < 4.78 is 2.36. The molecule has 6 aromatic carbocycles. The fourth-order valence-electron chi connectivity index (χ4n) is 6.85. The third-order valence-corrected chi connectivity index (χ3v) is 9.25. The highest BCUT2D eigenvalue weighted by Crippen LogP contribution is 2.50. The van der Waals surface area contributed by atoms with Gasteiger partial charge in [0.2, 0.25) is 0 Å². The zero-order valence-electron chi connectivity index (χ0n) is 24.2. The Morgan fingerprint density at radius 3 is 2.00 bits per heavy atom. The van der Waals surface area contributed by atoms with Crippen LogP contribution in [0.1, 0.15) is 25.0 Å². The van der Waals surface area contributed by atoms with E-state index in [-0.39, 0.29) is 5.41 Å². The number of fused-ring (bicyclic) bond motifs is 6. The van der Waals surface area contributed by atoms with Crippen molar-refractivity contribution in [3.63, 3.8) is 0 Å². The summed E-state index contributed by atoms with van der Waals surface area (Å²) in [5, 5.41) is 3.82. The maximum atomic E-state index is 2.41. The number of anilines is 2. The molecule has 0 saturated carbocycles. The first-order valence-electron chi connectivity index (χ1n) is 14.7. The van der Waals surface area contributed by atoms with Crippen LogP contribution in [0.15, 0.2) is 140 Å². The minimum absolute atomic E-state index is 0.111. The van der Waals surface area contributed by atoms with E-state index in [0.29, 0.717) is 0 Å². The first-order chi connectivity index (χ1) is 20.5. The van der Waals surface area contributed by atoms with Gasteiger partial charge in [-0.05, 0) is 81.2 Å². The van der Waals surface area contributed by atoms with Gasteiger partial charge in [0.15, 0.2) is 0 Å². The van der Waals surface area contributed by atoms with Gasteiger partial charge >= 0.3 is 0 Å². The van der Waals surface area contributed by atoms with E-state index in [1.54, 1.807) is 0 Å². The summed E-state index contributed by atoms with van der Waals surface area (Å²) in [5.74, 6) is 0. The summed E-state index contributed by atoms with van der Waals surface area (Å²) >= 11 is 0. The molecule has 0 radical (unpaired) electrons. The second kappa shape index (κ2) is 9.22. The average Bonchev–Trinajstić information content (AvgIpc) is 3.58. The summed E-state index contributed by atoms with van der Waals surface area (Å²) in [7, 11) is 2.16. The number of benzene rings is 6. The highest BCUT2D eigenvalue weighted by atomic mass is 15.1. The Kier molecular flexibility index (Phi) is 5.42. The van der Waals surface area contributed by atoms with E-state index in [9.17, 15) is 0 Å². The molecular formula is C40H32N2. The quantitative estimate of drug-likeness (QED) is 0.216. The molecule has 202 valence electrons. The fourth-order valence-corrected chi connectivity index (χ4v) is 6.85. The van der Waals surface area contributed by atoms with E-state index in [1.165, 1.54) is 72.1 Å². The van der Waals surface area contributed by atoms with E-state index in [2.05, 4.69) is 170 Å². The molecule has 2 nitrogen and oxygen atoms in total. The van der Waals surface area contributed by atoms with E-state index in [4.69, 9.17) is 0 Å². The molecule has 8 rings (SSSR count). The Balaban J connectivity index is 1.16. The van der Waals surface area contributed by atoms with Crippen LogP contribution in [0, 0.1) is 0 Å². The molecule has 0 amide bonds. The van der Waals surface area contributed by atoms with Crippen LogP contribution >= 0.6 is 0 Å². The van der Waals surface area contributed by atoms with E-state index >= 15 is 0 Å². The summed E-state index contributed by atoms with van der Waals surface area (Å²) in [6.45, 7) is 4.73. The number of rotatable bonds is 4. The van der Waals surface area contributed by atoms with Crippen molar-refractivity contribution in [2.24, 2.45) is 0 Å². The Bertz CT molecular complexity index is 2110. The predicted octanol–water partition coefficient (Wildman–Crippen LogP) is 10.5. The molecule has 0 spiro atoms.